The highest BCUT2D eigenvalue weighted by molar-refractivity contribution is 6.42. The Kier molecular flexibility index (Phi) is 11.1. The second-order valence-corrected chi connectivity index (χ2v) is 11.5. The van der Waals surface area contributed by atoms with Crippen LogP contribution in [0, 0.1) is 0 Å². The summed E-state index contributed by atoms with van der Waals surface area (Å²) in [6, 6.07) is 17.8. The predicted molar refractivity (Wildman–Crippen MR) is 177 cm³/mol. The van der Waals surface area contributed by atoms with E-state index in [-0.39, 0.29) is 5.91 Å². The molecule has 0 radical (unpaired) electrons. The number of carbonyl (C=O) groups excluding carboxylic acids is 2. The number of halogens is 2. The summed E-state index contributed by atoms with van der Waals surface area (Å²) in [4.78, 5) is 33.2. The maximum Gasteiger partial charge on any atom is 0.323 e. The van der Waals surface area contributed by atoms with Crippen molar-refractivity contribution in [1.29, 1.82) is 0 Å². The fraction of sp³-hybridized carbons (Fsp3) is 0.375. The van der Waals surface area contributed by atoms with Gasteiger partial charge in [-0.05, 0) is 61.5 Å². The zero-order chi connectivity index (χ0) is 30.9. The van der Waals surface area contributed by atoms with Gasteiger partial charge in [-0.2, -0.15) is 0 Å². The number of nitrogens with zero attached hydrogens (tertiary/aromatic N) is 3. The van der Waals surface area contributed by atoms with Crippen LogP contribution in [-0.4, -0.2) is 89.5 Å². The van der Waals surface area contributed by atoms with Crippen molar-refractivity contribution in [2.45, 2.75) is 6.42 Å². The lowest BCUT2D eigenvalue weighted by atomic mass is 10.1. The summed E-state index contributed by atoms with van der Waals surface area (Å²) < 4.78 is 11.0. The van der Waals surface area contributed by atoms with Crippen LogP contribution in [-0.2, 0) is 4.74 Å². The third kappa shape index (κ3) is 8.26. The summed E-state index contributed by atoms with van der Waals surface area (Å²) in [5, 5.41) is 9.42. The summed E-state index contributed by atoms with van der Waals surface area (Å²) in [7, 11) is 1.68. The first-order valence-electron chi connectivity index (χ1n) is 14.8. The normalized spacial score (nSPS) is 15.5. The number of methoxy groups -OCH3 is 1. The molecule has 2 aliphatic heterocycles. The maximum absolute atomic E-state index is 13.6. The first-order chi connectivity index (χ1) is 21.4. The molecule has 5 rings (SSSR count). The molecule has 2 saturated heterocycles. The topological polar surface area (TPSA) is 98.4 Å². The molecule has 3 aromatic carbocycles. The number of amides is 3. The smallest absolute Gasteiger partial charge is 0.323 e. The van der Waals surface area contributed by atoms with Gasteiger partial charge in [-0.15, -0.1) is 0 Å². The van der Waals surface area contributed by atoms with E-state index < -0.39 is 6.03 Å². The number of rotatable bonds is 10. The molecule has 0 spiro atoms. The summed E-state index contributed by atoms with van der Waals surface area (Å²) >= 11 is 12.1. The number of morpholine rings is 1. The Morgan fingerprint density at radius 1 is 0.818 bits per heavy atom. The van der Waals surface area contributed by atoms with Gasteiger partial charge in [0.1, 0.15) is 5.75 Å². The molecule has 0 unspecified atom stereocenters. The van der Waals surface area contributed by atoms with Crippen LogP contribution >= 0.6 is 23.2 Å². The molecule has 0 aromatic heterocycles. The summed E-state index contributed by atoms with van der Waals surface area (Å²) in [5.41, 5.74) is 3.39. The fourth-order valence-corrected chi connectivity index (χ4v) is 5.74. The molecule has 3 N–H and O–H groups in total. The highest BCUT2D eigenvalue weighted by Crippen LogP contribution is 2.31. The van der Waals surface area contributed by atoms with Crippen LogP contribution in [0.5, 0.6) is 5.75 Å². The van der Waals surface area contributed by atoms with Gasteiger partial charge in [0.15, 0.2) is 0 Å². The van der Waals surface area contributed by atoms with E-state index in [4.69, 9.17) is 32.7 Å². The number of urea groups is 1. The second-order valence-electron chi connectivity index (χ2n) is 10.6. The van der Waals surface area contributed by atoms with E-state index in [9.17, 15) is 9.59 Å². The molecule has 3 aromatic rings. The zero-order valence-electron chi connectivity index (χ0n) is 24.8. The number of para-hydroxylation sites is 2. The monoisotopic (exact) mass is 640 g/mol. The van der Waals surface area contributed by atoms with Crippen molar-refractivity contribution >= 4 is 57.9 Å². The van der Waals surface area contributed by atoms with E-state index in [0.29, 0.717) is 33.5 Å². The van der Waals surface area contributed by atoms with Gasteiger partial charge in [0.2, 0.25) is 0 Å². The molecule has 2 heterocycles. The third-order valence-electron chi connectivity index (χ3n) is 7.76. The number of anilines is 4. The van der Waals surface area contributed by atoms with E-state index in [1.807, 2.05) is 30.3 Å². The number of ether oxygens (including phenoxy) is 2. The first-order valence-corrected chi connectivity index (χ1v) is 15.5. The van der Waals surface area contributed by atoms with Crippen molar-refractivity contribution in [3.63, 3.8) is 0 Å². The molecule has 0 atom stereocenters. The Morgan fingerprint density at radius 2 is 1.48 bits per heavy atom. The highest BCUT2D eigenvalue weighted by atomic mass is 35.5. The predicted octanol–water partition coefficient (Wildman–Crippen LogP) is 5.42. The average Bonchev–Trinajstić information content (AvgIpc) is 3.05. The number of benzene rings is 3. The van der Waals surface area contributed by atoms with Gasteiger partial charge in [0.05, 0.1) is 41.6 Å². The Hall–Kier alpha value is -3.70. The van der Waals surface area contributed by atoms with Crippen LogP contribution in [0.25, 0.3) is 0 Å². The lowest BCUT2D eigenvalue weighted by Crippen LogP contribution is -2.47. The maximum atomic E-state index is 13.6. The van der Waals surface area contributed by atoms with Crippen molar-refractivity contribution in [3.8, 4) is 5.75 Å². The number of carbonyl (C=O) groups is 2. The van der Waals surface area contributed by atoms with Crippen LogP contribution < -0.4 is 30.5 Å². The average molecular weight is 642 g/mol. The molecule has 44 heavy (non-hydrogen) atoms. The Balaban J connectivity index is 1.27. The first kappa shape index (κ1) is 31.7. The van der Waals surface area contributed by atoms with Crippen molar-refractivity contribution in [3.05, 3.63) is 76.3 Å². The zero-order valence-corrected chi connectivity index (χ0v) is 26.3. The van der Waals surface area contributed by atoms with Gasteiger partial charge in [0.25, 0.3) is 5.91 Å². The van der Waals surface area contributed by atoms with E-state index in [2.05, 4.69) is 36.7 Å². The number of piperazine rings is 1. The van der Waals surface area contributed by atoms with Crippen molar-refractivity contribution < 1.29 is 19.1 Å². The second kappa shape index (κ2) is 15.3. The van der Waals surface area contributed by atoms with Gasteiger partial charge in [-0.25, -0.2) is 4.79 Å². The molecule has 2 aliphatic rings. The molecular formula is C32H38Cl2N6O4. The number of hydrogen-bond acceptors (Lipinski definition) is 7. The van der Waals surface area contributed by atoms with Crippen LogP contribution in [0.4, 0.5) is 27.5 Å². The van der Waals surface area contributed by atoms with Crippen LogP contribution in [0.2, 0.25) is 10.0 Å². The standard InChI is InChI=1S/C32H38Cl2N6O4/c1-43-30-6-3-2-5-29(30)40-15-13-39(14-16-40)28-10-8-23(36-32(42)37-24-7-9-26(33)27(34)22-24)21-25(28)31(41)35-11-4-12-38-17-19-44-20-18-38/h2-3,5-10,21-22H,4,11-20H2,1H3,(H,35,41)(H2,36,37,42). The summed E-state index contributed by atoms with van der Waals surface area (Å²) in [6.07, 6.45) is 0.836. The molecule has 12 heteroatoms. The summed E-state index contributed by atoms with van der Waals surface area (Å²) in [6.45, 7) is 7.76. The minimum atomic E-state index is -0.460. The van der Waals surface area contributed by atoms with E-state index in [1.54, 1.807) is 31.4 Å². The van der Waals surface area contributed by atoms with Crippen LogP contribution in [0.15, 0.2) is 60.7 Å². The summed E-state index contributed by atoms with van der Waals surface area (Å²) in [5.74, 6) is 0.662. The molecule has 10 nitrogen and oxygen atoms in total. The number of hydrogen-bond donors (Lipinski definition) is 3. The lowest BCUT2D eigenvalue weighted by molar-refractivity contribution is 0.0374. The van der Waals surface area contributed by atoms with Gasteiger partial charge in [-0.3, -0.25) is 9.69 Å². The molecular weight excluding hydrogens is 603 g/mol. The van der Waals surface area contributed by atoms with Gasteiger partial charge in [0, 0.05) is 62.9 Å². The van der Waals surface area contributed by atoms with Crippen molar-refractivity contribution in [2.24, 2.45) is 0 Å². The Morgan fingerprint density at radius 3 is 2.18 bits per heavy atom. The van der Waals surface area contributed by atoms with Gasteiger partial charge in [-0.1, -0.05) is 35.3 Å². The van der Waals surface area contributed by atoms with Crippen molar-refractivity contribution in [1.82, 2.24) is 10.2 Å². The molecule has 0 saturated carbocycles. The molecule has 3 amide bonds. The van der Waals surface area contributed by atoms with Crippen molar-refractivity contribution in [2.75, 3.05) is 93.1 Å². The van der Waals surface area contributed by atoms with Gasteiger partial charge < -0.3 is 35.2 Å². The molecule has 234 valence electrons. The van der Waals surface area contributed by atoms with E-state index in [1.165, 1.54) is 0 Å². The SMILES string of the molecule is COc1ccccc1N1CCN(c2ccc(NC(=O)Nc3ccc(Cl)c(Cl)c3)cc2C(=O)NCCCN2CCOCC2)CC1. The fourth-order valence-electron chi connectivity index (χ4n) is 5.44. The molecule has 0 aliphatic carbocycles. The third-order valence-corrected chi connectivity index (χ3v) is 8.50. The van der Waals surface area contributed by atoms with Gasteiger partial charge >= 0.3 is 6.03 Å². The molecule has 2 fully saturated rings. The largest absolute Gasteiger partial charge is 0.495 e. The van der Waals surface area contributed by atoms with E-state index >= 15 is 0 Å². The quantitative estimate of drug-likeness (QED) is 0.254. The van der Waals surface area contributed by atoms with Crippen LogP contribution in [0.3, 0.4) is 0 Å². The lowest BCUT2D eigenvalue weighted by Gasteiger charge is -2.38. The van der Waals surface area contributed by atoms with Crippen LogP contribution in [0.1, 0.15) is 16.8 Å². The Labute approximate surface area is 268 Å². The Bertz CT molecular complexity index is 1440. The van der Waals surface area contributed by atoms with E-state index in [0.717, 1.165) is 82.6 Å². The minimum absolute atomic E-state index is 0.178. The minimum Gasteiger partial charge on any atom is -0.495 e. The molecule has 0 bridgehead atoms. The highest BCUT2D eigenvalue weighted by Gasteiger charge is 2.24. The number of nitrogens with one attached hydrogen (secondary N) is 3.